The van der Waals surface area contributed by atoms with Gasteiger partial charge in [0.2, 0.25) is 5.91 Å². The number of nitrogens with one attached hydrogen (secondary N) is 1. The molecule has 7 nitrogen and oxygen atoms in total. The third kappa shape index (κ3) is 3.77. The molecule has 132 valence electrons. The van der Waals surface area contributed by atoms with Gasteiger partial charge in [-0.1, -0.05) is 0 Å². The molecule has 0 unspecified atom stereocenters. The summed E-state index contributed by atoms with van der Waals surface area (Å²) in [6.07, 6.45) is 2.02. The number of halogens is 1. The Morgan fingerprint density at radius 1 is 1.40 bits per heavy atom. The first kappa shape index (κ1) is 17.7. The molecule has 0 saturated heterocycles. The Bertz CT molecular complexity index is 943. The first-order valence-corrected chi connectivity index (χ1v) is 9.17. The average molecular weight is 425 g/mol. The number of amides is 2. The van der Waals surface area contributed by atoms with Crippen molar-refractivity contribution in [3.8, 4) is 0 Å². The molecule has 0 radical (unpaired) electrons. The normalized spacial score (nSPS) is 11.0. The number of aryl methyl sites for hydroxylation is 2. The molecule has 0 aromatic carbocycles. The van der Waals surface area contributed by atoms with Gasteiger partial charge in [-0.05, 0) is 41.9 Å². The molecule has 0 fully saturated rings. The lowest BCUT2D eigenvalue weighted by Crippen LogP contribution is -2.38. The van der Waals surface area contributed by atoms with E-state index < -0.39 is 5.91 Å². The van der Waals surface area contributed by atoms with Crippen molar-refractivity contribution in [2.75, 3.05) is 13.6 Å². The molecule has 0 aliphatic heterocycles. The fourth-order valence-corrected chi connectivity index (χ4v) is 3.62. The fourth-order valence-electron chi connectivity index (χ4n) is 2.43. The highest BCUT2D eigenvalue weighted by molar-refractivity contribution is 9.10. The van der Waals surface area contributed by atoms with E-state index in [0.29, 0.717) is 11.2 Å². The van der Waals surface area contributed by atoms with Crippen molar-refractivity contribution in [2.24, 2.45) is 0 Å². The second-order valence-corrected chi connectivity index (χ2v) is 7.67. The summed E-state index contributed by atoms with van der Waals surface area (Å²) in [4.78, 5) is 32.4. The molecule has 0 spiro atoms. The molecule has 3 aromatic rings. The van der Waals surface area contributed by atoms with Crippen LogP contribution in [-0.2, 0) is 11.3 Å². The Labute approximate surface area is 156 Å². The Kier molecular flexibility index (Phi) is 4.96. The number of hydrogen-bond acceptors (Lipinski definition) is 5. The smallest absolute Gasteiger partial charge is 0.287 e. The van der Waals surface area contributed by atoms with Crippen LogP contribution in [0, 0.1) is 13.8 Å². The zero-order valence-corrected chi connectivity index (χ0v) is 16.4. The fraction of sp³-hybridized carbons (Fsp3) is 0.312. The summed E-state index contributed by atoms with van der Waals surface area (Å²) in [5.41, 5.74) is 1.87. The number of imidazole rings is 1. The zero-order chi connectivity index (χ0) is 18.1. The van der Waals surface area contributed by atoms with Crippen molar-refractivity contribution in [3.05, 3.63) is 45.0 Å². The third-order valence-electron chi connectivity index (χ3n) is 3.75. The van der Waals surface area contributed by atoms with Gasteiger partial charge >= 0.3 is 0 Å². The van der Waals surface area contributed by atoms with Crippen molar-refractivity contribution in [2.45, 2.75) is 20.4 Å². The molecule has 3 aromatic heterocycles. The van der Waals surface area contributed by atoms with Gasteiger partial charge < -0.3 is 14.6 Å². The van der Waals surface area contributed by atoms with E-state index in [4.69, 9.17) is 4.42 Å². The molecule has 9 heteroatoms. The third-order valence-corrected chi connectivity index (χ3v) is 5.08. The van der Waals surface area contributed by atoms with E-state index in [1.165, 1.54) is 0 Å². The molecule has 2 amide bonds. The highest BCUT2D eigenvalue weighted by atomic mass is 79.9. The van der Waals surface area contributed by atoms with Gasteiger partial charge in [-0.25, -0.2) is 4.98 Å². The molecule has 0 bridgehead atoms. The number of carbonyl (C=O) groups excluding carboxylic acids is 2. The number of furan rings is 1. The van der Waals surface area contributed by atoms with Crippen LogP contribution in [0.25, 0.3) is 4.96 Å². The topological polar surface area (TPSA) is 79.9 Å². The molecular weight excluding hydrogens is 408 g/mol. The van der Waals surface area contributed by atoms with E-state index in [-0.39, 0.29) is 18.2 Å². The Morgan fingerprint density at radius 2 is 2.16 bits per heavy atom. The van der Waals surface area contributed by atoms with Crippen LogP contribution in [0.4, 0.5) is 0 Å². The minimum Gasteiger partial charge on any atom is -0.444 e. The van der Waals surface area contributed by atoms with Crippen LogP contribution in [0.5, 0.6) is 0 Å². The largest absolute Gasteiger partial charge is 0.444 e. The number of carbonyl (C=O) groups is 2. The number of likely N-dealkylation sites (N-methyl/N-ethyl adjacent to an activating group) is 1. The highest BCUT2D eigenvalue weighted by Gasteiger charge is 2.18. The lowest BCUT2D eigenvalue weighted by atomic mass is 10.3. The molecule has 0 aliphatic carbocycles. The maximum Gasteiger partial charge on any atom is 0.287 e. The number of rotatable bonds is 5. The van der Waals surface area contributed by atoms with Crippen LogP contribution in [-0.4, -0.2) is 39.7 Å². The van der Waals surface area contributed by atoms with Crippen molar-refractivity contribution >= 4 is 44.0 Å². The van der Waals surface area contributed by atoms with E-state index in [1.807, 2.05) is 24.4 Å². The summed E-state index contributed by atoms with van der Waals surface area (Å²) in [7, 11) is 1.70. The maximum atomic E-state index is 12.3. The van der Waals surface area contributed by atoms with Crippen LogP contribution < -0.4 is 5.32 Å². The number of fused-ring (bicyclic) bond motifs is 1. The van der Waals surface area contributed by atoms with E-state index in [1.54, 1.807) is 35.4 Å². The number of thiazole rings is 1. The highest BCUT2D eigenvalue weighted by Crippen LogP contribution is 2.21. The SMILES string of the molecule is Cc1cn2c(CN(C)C(=O)CNC(=O)c3ccc(Br)o3)c(C)nc2s1. The summed E-state index contributed by atoms with van der Waals surface area (Å²) < 4.78 is 7.64. The van der Waals surface area contributed by atoms with E-state index in [9.17, 15) is 9.59 Å². The molecule has 0 aliphatic rings. The quantitative estimate of drug-likeness (QED) is 0.682. The van der Waals surface area contributed by atoms with Crippen LogP contribution in [0.15, 0.2) is 27.4 Å². The van der Waals surface area contributed by atoms with E-state index in [2.05, 4.69) is 26.2 Å². The molecule has 0 saturated carbocycles. The van der Waals surface area contributed by atoms with E-state index >= 15 is 0 Å². The van der Waals surface area contributed by atoms with Crippen molar-refractivity contribution < 1.29 is 14.0 Å². The number of hydrogen-bond donors (Lipinski definition) is 1. The van der Waals surface area contributed by atoms with Gasteiger partial charge in [0.25, 0.3) is 5.91 Å². The van der Waals surface area contributed by atoms with Crippen LogP contribution >= 0.6 is 27.3 Å². The first-order valence-electron chi connectivity index (χ1n) is 7.56. The lowest BCUT2D eigenvalue weighted by Gasteiger charge is -2.17. The lowest BCUT2D eigenvalue weighted by molar-refractivity contribution is -0.129. The van der Waals surface area contributed by atoms with Crippen molar-refractivity contribution in [1.29, 1.82) is 0 Å². The molecular formula is C16H17BrN4O3S. The van der Waals surface area contributed by atoms with Crippen LogP contribution in [0.3, 0.4) is 0 Å². The minimum absolute atomic E-state index is 0.0999. The average Bonchev–Trinajstić information content (AvgIpc) is 3.21. The Hall–Kier alpha value is -2.13. The molecule has 3 rings (SSSR count). The predicted octanol–water partition coefficient (Wildman–Crippen LogP) is 2.76. The van der Waals surface area contributed by atoms with Crippen molar-refractivity contribution in [1.82, 2.24) is 19.6 Å². The molecule has 0 atom stereocenters. The number of nitrogens with zero attached hydrogens (tertiary/aromatic N) is 3. The van der Waals surface area contributed by atoms with Crippen LogP contribution in [0.1, 0.15) is 26.8 Å². The Balaban J connectivity index is 1.62. The van der Waals surface area contributed by atoms with E-state index in [0.717, 1.165) is 21.2 Å². The first-order chi connectivity index (χ1) is 11.8. The van der Waals surface area contributed by atoms with Gasteiger partial charge in [-0.3, -0.25) is 14.0 Å². The number of aromatic nitrogens is 2. The second-order valence-electron chi connectivity index (χ2n) is 5.67. The molecule has 1 N–H and O–H groups in total. The summed E-state index contributed by atoms with van der Waals surface area (Å²) >= 11 is 4.75. The summed E-state index contributed by atoms with van der Waals surface area (Å²) in [5, 5.41) is 2.56. The van der Waals surface area contributed by atoms with Gasteiger partial charge in [0.05, 0.1) is 24.5 Å². The second kappa shape index (κ2) is 7.01. The zero-order valence-electron chi connectivity index (χ0n) is 14.0. The predicted molar refractivity (Wildman–Crippen MR) is 97.8 cm³/mol. The maximum absolute atomic E-state index is 12.3. The van der Waals surface area contributed by atoms with Crippen molar-refractivity contribution in [3.63, 3.8) is 0 Å². The van der Waals surface area contributed by atoms with Gasteiger partial charge in [0, 0.05) is 18.1 Å². The standard InChI is InChI=1S/C16H17BrN4O3S/c1-9-7-21-11(10(2)19-16(21)25-9)8-20(3)14(22)6-18-15(23)12-4-5-13(17)24-12/h4-5,7H,6,8H2,1-3H3,(H,18,23). The molecule has 25 heavy (non-hydrogen) atoms. The van der Waals surface area contributed by atoms with Gasteiger partial charge in [-0.2, -0.15) is 0 Å². The summed E-state index contributed by atoms with van der Waals surface area (Å²) in [5.74, 6) is -0.464. The van der Waals surface area contributed by atoms with Gasteiger partial charge in [0.1, 0.15) is 0 Å². The summed E-state index contributed by atoms with van der Waals surface area (Å²) in [6, 6.07) is 3.16. The van der Waals surface area contributed by atoms with Gasteiger partial charge in [-0.15, -0.1) is 11.3 Å². The van der Waals surface area contributed by atoms with Gasteiger partial charge in [0.15, 0.2) is 15.4 Å². The summed E-state index contributed by atoms with van der Waals surface area (Å²) in [6.45, 7) is 4.27. The monoisotopic (exact) mass is 424 g/mol. The minimum atomic E-state index is -0.427. The van der Waals surface area contributed by atoms with Crippen LogP contribution in [0.2, 0.25) is 0 Å². The Morgan fingerprint density at radius 3 is 2.84 bits per heavy atom. The molecule has 3 heterocycles.